The fourth-order valence-electron chi connectivity index (χ4n) is 2.34. The number of aromatic nitrogens is 1. The number of anilines is 1. The van der Waals surface area contributed by atoms with Gasteiger partial charge in [0, 0.05) is 39.1 Å². The van der Waals surface area contributed by atoms with E-state index < -0.39 is 0 Å². The standard InChI is InChI=1S/C14H22N4O/c1-11(15)14-5-4-13(10-16-14)18-7-3-6-17(8-9-18)12(2)19/h4-5,10-11H,3,6-9,15H2,1-2H3. The van der Waals surface area contributed by atoms with Gasteiger partial charge in [-0.2, -0.15) is 0 Å². The first-order chi connectivity index (χ1) is 9.08. The van der Waals surface area contributed by atoms with Crippen molar-refractivity contribution in [1.82, 2.24) is 9.88 Å². The van der Waals surface area contributed by atoms with Gasteiger partial charge >= 0.3 is 0 Å². The maximum atomic E-state index is 11.4. The largest absolute Gasteiger partial charge is 0.368 e. The zero-order valence-corrected chi connectivity index (χ0v) is 11.7. The van der Waals surface area contributed by atoms with E-state index in [1.807, 2.05) is 24.1 Å². The lowest BCUT2D eigenvalue weighted by molar-refractivity contribution is -0.128. The van der Waals surface area contributed by atoms with Crippen LogP contribution in [0.15, 0.2) is 18.3 Å². The van der Waals surface area contributed by atoms with Gasteiger partial charge in [-0.05, 0) is 25.5 Å². The monoisotopic (exact) mass is 262 g/mol. The predicted molar refractivity (Wildman–Crippen MR) is 75.9 cm³/mol. The van der Waals surface area contributed by atoms with Gasteiger partial charge in [0.15, 0.2) is 0 Å². The first-order valence-corrected chi connectivity index (χ1v) is 6.80. The molecule has 1 atom stereocenters. The Hall–Kier alpha value is -1.62. The molecule has 0 saturated carbocycles. The molecule has 1 aliphatic rings. The van der Waals surface area contributed by atoms with Gasteiger partial charge in [0.2, 0.25) is 5.91 Å². The molecule has 0 aromatic carbocycles. The first kappa shape index (κ1) is 13.8. The highest BCUT2D eigenvalue weighted by atomic mass is 16.2. The fraction of sp³-hybridized carbons (Fsp3) is 0.571. The van der Waals surface area contributed by atoms with Gasteiger partial charge in [-0.1, -0.05) is 0 Å². The highest BCUT2D eigenvalue weighted by Crippen LogP contribution is 2.17. The molecule has 0 aliphatic carbocycles. The second-order valence-electron chi connectivity index (χ2n) is 5.08. The minimum Gasteiger partial charge on any atom is -0.368 e. The molecule has 5 nitrogen and oxygen atoms in total. The van der Waals surface area contributed by atoms with Gasteiger partial charge in [-0.15, -0.1) is 0 Å². The van der Waals surface area contributed by atoms with Crippen LogP contribution in [0.3, 0.4) is 0 Å². The zero-order valence-electron chi connectivity index (χ0n) is 11.7. The summed E-state index contributed by atoms with van der Waals surface area (Å²) in [6.45, 7) is 7.01. The van der Waals surface area contributed by atoms with Crippen molar-refractivity contribution in [3.63, 3.8) is 0 Å². The smallest absolute Gasteiger partial charge is 0.219 e. The molecule has 1 aliphatic heterocycles. The normalized spacial score (nSPS) is 18.1. The number of nitrogens with zero attached hydrogens (tertiary/aromatic N) is 3. The van der Waals surface area contributed by atoms with E-state index in [-0.39, 0.29) is 11.9 Å². The molecule has 2 heterocycles. The van der Waals surface area contributed by atoms with E-state index in [1.54, 1.807) is 6.92 Å². The lowest BCUT2D eigenvalue weighted by Crippen LogP contribution is -2.33. The molecule has 1 unspecified atom stereocenters. The summed E-state index contributed by atoms with van der Waals surface area (Å²) in [7, 11) is 0. The fourth-order valence-corrected chi connectivity index (χ4v) is 2.34. The second kappa shape index (κ2) is 6.02. The molecular formula is C14H22N4O. The van der Waals surface area contributed by atoms with Gasteiger partial charge in [0.1, 0.15) is 0 Å². The lowest BCUT2D eigenvalue weighted by Gasteiger charge is -2.23. The van der Waals surface area contributed by atoms with Crippen LogP contribution in [0.4, 0.5) is 5.69 Å². The van der Waals surface area contributed by atoms with E-state index in [0.717, 1.165) is 44.0 Å². The Morgan fingerprint density at radius 3 is 2.68 bits per heavy atom. The van der Waals surface area contributed by atoms with Gasteiger partial charge < -0.3 is 15.5 Å². The van der Waals surface area contributed by atoms with Crippen molar-refractivity contribution < 1.29 is 4.79 Å². The Balaban J connectivity index is 2.03. The molecule has 2 N–H and O–H groups in total. The van der Waals surface area contributed by atoms with Crippen LogP contribution in [-0.4, -0.2) is 42.0 Å². The van der Waals surface area contributed by atoms with Crippen molar-refractivity contribution >= 4 is 11.6 Å². The summed E-state index contributed by atoms with van der Waals surface area (Å²) in [5, 5.41) is 0. The third-order valence-electron chi connectivity index (χ3n) is 3.54. The average molecular weight is 262 g/mol. The van der Waals surface area contributed by atoms with Crippen molar-refractivity contribution in [1.29, 1.82) is 0 Å². The maximum absolute atomic E-state index is 11.4. The summed E-state index contributed by atoms with van der Waals surface area (Å²) in [5.41, 5.74) is 7.81. The maximum Gasteiger partial charge on any atom is 0.219 e. The van der Waals surface area contributed by atoms with Crippen LogP contribution in [0.1, 0.15) is 32.0 Å². The number of nitrogens with two attached hydrogens (primary N) is 1. The van der Waals surface area contributed by atoms with Crippen molar-refractivity contribution in [2.24, 2.45) is 5.73 Å². The van der Waals surface area contributed by atoms with Crippen molar-refractivity contribution in [2.75, 3.05) is 31.1 Å². The van der Waals surface area contributed by atoms with Gasteiger partial charge in [-0.3, -0.25) is 9.78 Å². The van der Waals surface area contributed by atoms with E-state index >= 15 is 0 Å². The first-order valence-electron chi connectivity index (χ1n) is 6.80. The Kier molecular flexibility index (Phi) is 4.37. The van der Waals surface area contributed by atoms with Gasteiger partial charge in [0.05, 0.1) is 17.6 Å². The van der Waals surface area contributed by atoms with Gasteiger partial charge in [0.25, 0.3) is 0 Å². The quantitative estimate of drug-likeness (QED) is 0.868. The number of rotatable bonds is 2. The number of carbonyl (C=O) groups is 1. The summed E-state index contributed by atoms with van der Waals surface area (Å²) in [6, 6.07) is 4.01. The van der Waals surface area contributed by atoms with Crippen LogP contribution >= 0.6 is 0 Å². The topological polar surface area (TPSA) is 62.5 Å². The summed E-state index contributed by atoms with van der Waals surface area (Å²) < 4.78 is 0. The Bertz CT molecular complexity index is 430. The van der Waals surface area contributed by atoms with E-state index in [0.29, 0.717) is 0 Å². The number of hydrogen-bond donors (Lipinski definition) is 1. The minimum absolute atomic E-state index is 0.0358. The Morgan fingerprint density at radius 2 is 2.11 bits per heavy atom. The molecule has 0 radical (unpaired) electrons. The van der Waals surface area contributed by atoms with E-state index in [4.69, 9.17) is 5.73 Å². The molecule has 0 bridgehead atoms. The molecule has 1 amide bonds. The second-order valence-corrected chi connectivity index (χ2v) is 5.08. The van der Waals surface area contributed by atoms with Crippen molar-refractivity contribution in [3.8, 4) is 0 Å². The highest BCUT2D eigenvalue weighted by molar-refractivity contribution is 5.73. The van der Waals surface area contributed by atoms with Crippen LogP contribution in [0.5, 0.6) is 0 Å². The Labute approximate surface area is 114 Å². The van der Waals surface area contributed by atoms with E-state index in [1.165, 1.54) is 0 Å². The van der Waals surface area contributed by atoms with Crippen LogP contribution in [-0.2, 0) is 4.79 Å². The van der Waals surface area contributed by atoms with Crippen LogP contribution in [0.2, 0.25) is 0 Å². The molecule has 1 aromatic rings. The van der Waals surface area contributed by atoms with E-state index in [2.05, 4.69) is 16.0 Å². The third kappa shape index (κ3) is 3.44. The minimum atomic E-state index is -0.0358. The summed E-state index contributed by atoms with van der Waals surface area (Å²) in [6.07, 6.45) is 2.87. The molecule has 1 aromatic heterocycles. The molecule has 1 fully saturated rings. The van der Waals surface area contributed by atoms with Crippen LogP contribution in [0, 0.1) is 0 Å². The van der Waals surface area contributed by atoms with Crippen LogP contribution < -0.4 is 10.6 Å². The van der Waals surface area contributed by atoms with E-state index in [9.17, 15) is 4.79 Å². The average Bonchev–Trinajstić information content (AvgIpc) is 2.64. The number of amides is 1. The third-order valence-corrected chi connectivity index (χ3v) is 3.54. The summed E-state index contributed by atoms with van der Waals surface area (Å²) in [4.78, 5) is 20.0. The highest BCUT2D eigenvalue weighted by Gasteiger charge is 2.17. The van der Waals surface area contributed by atoms with Gasteiger partial charge in [-0.25, -0.2) is 0 Å². The molecule has 5 heteroatoms. The Morgan fingerprint density at radius 1 is 1.32 bits per heavy atom. The number of pyridine rings is 1. The van der Waals surface area contributed by atoms with Crippen molar-refractivity contribution in [2.45, 2.75) is 26.3 Å². The van der Waals surface area contributed by atoms with Crippen LogP contribution in [0.25, 0.3) is 0 Å². The molecule has 19 heavy (non-hydrogen) atoms. The molecular weight excluding hydrogens is 240 g/mol. The molecule has 1 saturated heterocycles. The molecule has 2 rings (SSSR count). The predicted octanol–water partition coefficient (Wildman–Crippen LogP) is 1.16. The summed E-state index contributed by atoms with van der Waals surface area (Å²) >= 11 is 0. The zero-order chi connectivity index (χ0) is 13.8. The molecule has 0 spiro atoms. The van der Waals surface area contributed by atoms with Crippen molar-refractivity contribution in [3.05, 3.63) is 24.0 Å². The SMILES string of the molecule is CC(=O)N1CCCN(c2ccc(C(C)N)nc2)CC1. The molecule has 104 valence electrons. The number of carbonyl (C=O) groups excluding carboxylic acids is 1. The summed E-state index contributed by atoms with van der Waals surface area (Å²) in [5.74, 6) is 0.160. The lowest BCUT2D eigenvalue weighted by atomic mass is 10.2. The number of hydrogen-bond acceptors (Lipinski definition) is 4.